The second-order valence-corrected chi connectivity index (χ2v) is 12.2. The van der Waals surface area contributed by atoms with E-state index in [4.69, 9.17) is 0 Å². The van der Waals surface area contributed by atoms with E-state index in [-0.39, 0.29) is 0 Å². The van der Waals surface area contributed by atoms with Gasteiger partial charge in [0.25, 0.3) is 8.56 Å². The predicted molar refractivity (Wildman–Crippen MR) is 87.0 cm³/mol. The zero-order valence-electron chi connectivity index (χ0n) is 17.2. The van der Waals surface area contributed by atoms with Gasteiger partial charge in [-0.1, -0.05) is 0 Å². The summed E-state index contributed by atoms with van der Waals surface area (Å²) in [5.41, 5.74) is 0. The largest absolute Gasteiger partial charge is 0.460 e. The summed E-state index contributed by atoms with van der Waals surface area (Å²) in [7, 11) is 4.59. The number of hydrogen-bond acceptors (Lipinski definition) is 3. The Kier molecular flexibility index (Phi) is 8.29. The minimum Gasteiger partial charge on any atom is -0.305 e. The molecule has 0 fully saturated rings. The summed E-state index contributed by atoms with van der Waals surface area (Å²) in [6.45, 7) is 0. The van der Waals surface area contributed by atoms with Crippen molar-refractivity contribution in [2.45, 2.75) is 48.3 Å². The van der Waals surface area contributed by atoms with Crippen LogP contribution in [0.2, 0.25) is 6.04 Å². The number of hydrogen-bond donors (Lipinski definition) is 0. The summed E-state index contributed by atoms with van der Waals surface area (Å²) >= 11 is 0. The maximum Gasteiger partial charge on any atom is 0.460 e. The normalized spacial score (nSPS) is 16.1. The average Bonchev–Trinajstić information content (AvgIpc) is 2.52. The average molecular weight is 507 g/mol. The van der Waals surface area contributed by atoms with Gasteiger partial charge < -0.3 is 13.7 Å². The van der Waals surface area contributed by atoms with E-state index >= 15 is 0 Å². The lowest BCUT2D eigenvalue weighted by atomic mass is 9.93. The highest BCUT2D eigenvalue weighted by Gasteiger charge is 2.90. The number of alkyl halides is 13. The molecule has 0 saturated heterocycles. The second kappa shape index (κ2) is 8.51. The third-order valence-corrected chi connectivity index (χ3v) is 10.1. The Bertz CT molecular complexity index is 595. The Labute approximate surface area is 171 Å². The van der Waals surface area contributed by atoms with E-state index in [1.165, 1.54) is 56.0 Å². The topological polar surface area (TPSA) is 9.72 Å². The molecule has 188 valence electrons. The van der Waals surface area contributed by atoms with Gasteiger partial charge in [-0.05, 0) is 48.3 Å². The van der Waals surface area contributed by atoms with Crippen molar-refractivity contribution in [1.82, 2.24) is 13.7 Å². The summed E-state index contributed by atoms with van der Waals surface area (Å²) in [5.74, 6) is -36.6. The van der Waals surface area contributed by atoms with Crippen molar-refractivity contribution in [2.24, 2.45) is 0 Å². The SMILES string of the molecule is CN(C)[Si](CCC(F)(F)C(F)(F)C(F)(F)C(F)(F)C(F)(F)C(F)(F)F)(N(C)C)N(C)C. The molecular weight excluding hydrogens is 485 g/mol. The molecule has 0 aromatic carbocycles. The summed E-state index contributed by atoms with van der Waals surface area (Å²) in [5, 5.41) is 0. The quantitative estimate of drug-likeness (QED) is 0.313. The van der Waals surface area contributed by atoms with Crippen LogP contribution in [0.5, 0.6) is 0 Å². The van der Waals surface area contributed by atoms with Crippen LogP contribution in [0, 0.1) is 0 Å². The molecule has 0 amide bonds. The highest BCUT2D eigenvalue weighted by Crippen LogP contribution is 2.61. The summed E-state index contributed by atoms with van der Waals surface area (Å²) < 4.78 is 176. The first kappa shape index (κ1) is 30.2. The highest BCUT2D eigenvalue weighted by atomic mass is 28.4. The van der Waals surface area contributed by atoms with Crippen LogP contribution in [-0.2, 0) is 0 Å². The van der Waals surface area contributed by atoms with E-state index in [0.717, 1.165) is 0 Å². The third-order valence-electron chi connectivity index (χ3n) is 4.92. The van der Waals surface area contributed by atoms with Crippen molar-refractivity contribution in [3.63, 3.8) is 0 Å². The van der Waals surface area contributed by atoms with E-state index < -0.39 is 56.8 Å². The van der Waals surface area contributed by atoms with Crippen molar-refractivity contribution in [2.75, 3.05) is 42.3 Å². The molecule has 0 N–H and O–H groups in total. The van der Waals surface area contributed by atoms with Crippen LogP contribution in [0.15, 0.2) is 0 Å². The first-order valence-corrected chi connectivity index (χ1v) is 10.3. The molecule has 0 spiro atoms. The van der Waals surface area contributed by atoms with Crippen molar-refractivity contribution in [1.29, 1.82) is 0 Å². The number of halogens is 13. The Morgan fingerprint density at radius 1 is 0.484 bits per heavy atom. The fourth-order valence-electron chi connectivity index (χ4n) is 3.15. The molecule has 0 rings (SSSR count). The molecule has 0 aromatic rings. The highest BCUT2D eigenvalue weighted by molar-refractivity contribution is 6.71. The number of rotatable bonds is 10. The summed E-state index contributed by atoms with van der Waals surface area (Å²) in [6.07, 6.45) is -9.61. The molecule has 0 aromatic heterocycles. The van der Waals surface area contributed by atoms with E-state index in [1.807, 2.05) is 0 Å². The molecule has 3 nitrogen and oxygen atoms in total. The van der Waals surface area contributed by atoms with E-state index in [1.54, 1.807) is 0 Å². The van der Waals surface area contributed by atoms with Crippen LogP contribution in [0.1, 0.15) is 6.42 Å². The first-order chi connectivity index (χ1) is 13.3. The summed E-state index contributed by atoms with van der Waals surface area (Å²) in [4.78, 5) is 0. The molecule has 0 unspecified atom stereocenters. The van der Waals surface area contributed by atoms with Gasteiger partial charge in [0.05, 0.1) is 0 Å². The van der Waals surface area contributed by atoms with Gasteiger partial charge in [-0.2, -0.15) is 57.1 Å². The standard InChI is InChI=1S/C14H22F13N3Si/c1-28(2)31(29(3)4,30(5)6)8-7-9(15,16)10(17,18)11(19,20)12(21,22)13(23,24)14(25,26)27/h7-8H2,1-6H3. The Hall–Kier alpha value is -0.813. The van der Waals surface area contributed by atoms with Crippen LogP contribution < -0.4 is 0 Å². The lowest BCUT2D eigenvalue weighted by Crippen LogP contribution is -2.72. The van der Waals surface area contributed by atoms with Gasteiger partial charge in [-0.3, -0.25) is 0 Å². The fraction of sp³-hybridized carbons (Fsp3) is 1.00. The minimum absolute atomic E-state index is 0.986. The van der Waals surface area contributed by atoms with Gasteiger partial charge in [0, 0.05) is 6.42 Å². The van der Waals surface area contributed by atoms with Crippen molar-refractivity contribution < 1.29 is 57.1 Å². The van der Waals surface area contributed by atoms with Gasteiger partial charge in [-0.15, -0.1) is 0 Å². The maximum absolute atomic E-state index is 14.1. The van der Waals surface area contributed by atoms with E-state index in [0.29, 0.717) is 0 Å². The van der Waals surface area contributed by atoms with Gasteiger partial charge in [0.15, 0.2) is 0 Å². The van der Waals surface area contributed by atoms with Crippen molar-refractivity contribution >= 4 is 8.56 Å². The van der Waals surface area contributed by atoms with E-state index in [9.17, 15) is 57.1 Å². The van der Waals surface area contributed by atoms with Crippen LogP contribution in [0.4, 0.5) is 57.1 Å². The maximum atomic E-state index is 14.1. The minimum atomic E-state index is -7.87. The predicted octanol–water partition coefficient (Wildman–Crippen LogP) is 4.74. The molecule has 0 aliphatic carbocycles. The van der Waals surface area contributed by atoms with Crippen LogP contribution in [0.3, 0.4) is 0 Å². The molecule has 0 aliphatic heterocycles. The molecular formula is C14H22F13N3Si. The zero-order valence-corrected chi connectivity index (χ0v) is 18.2. The Morgan fingerprint density at radius 3 is 1.03 bits per heavy atom. The second-order valence-electron chi connectivity index (χ2n) is 7.46. The Morgan fingerprint density at radius 2 is 0.774 bits per heavy atom. The van der Waals surface area contributed by atoms with Crippen LogP contribution in [0.25, 0.3) is 0 Å². The first-order valence-electron chi connectivity index (χ1n) is 8.27. The molecule has 0 aliphatic rings. The van der Waals surface area contributed by atoms with Gasteiger partial charge >= 0.3 is 35.8 Å². The molecule has 0 atom stereocenters. The van der Waals surface area contributed by atoms with Crippen LogP contribution in [-0.4, -0.2) is 100 Å². The monoisotopic (exact) mass is 507 g/mol. The lowest BCUT2D eigenvalue weighted by molar-refractivity contribution is -0.440. The smallest absolute Gasteiger partial charge is 0.305 e. The Balaban J connectivity index is 6.30. The van der Waals surface area contributed by atoms with Crippen molar-refractivity contribution in [3.05, 3.63) is 0 Å². The molecule has 17 heteroatoms. The zero-order chi connectivity index (χ0) is 25.6. The van der Waals surface area contributed by atoms with Crippen molar-refractivity contribution in [3.8, 4) is 0 Å². The lowest BCUT2D eigenvalue weighted by Gasteiger charge is -2.47. The summed E-state index contributed by atoms with van der Waals surface area (Å²) in [6, 6.07) is -0.986. The van der Waals surface area contributed by atoms with Gasteiger partial charge in [-0.25, -0.2) is 0 Å². The van der Waals surface area contributed by atoms with Crippen LogP contribution >= 0.6 is 0 Å². The van der Waals surface area contributed by atoms with Gasteiger partial charge in [0.2, 0.25) is 0 Å². The molecule has 0 saturated carbocycles. The molecule has 31 heavy (non-hydrogen) atoms. The molecule has 0 heterocycles. The third kappa shape index (κ3) is 4.51. The molecule has 0 radical (unpaired) electrons. The fourth-order valence-corrected chi connectivity index (χ4v) is 7.55. The molecule has 0 bridgehead atoms. The number of nitrogens with zero attached hydrogens (tertiary/aromatic N) is 3. The van der Waals surface area contributed by atoms with E-state index in [2.05, 4.69) is 0 Å². The van der Waals surface area contributed by atoms with Gasteiger partial charge in [0.1, 0.15) is 0 Å².